The first-order chi connectivity index (χ1) is 13.6. The zero-order chi connectivity index (χ0) is 19.5. The van der Waals surface area contributed by atoms with Crippen LogP contribution in [0.2, 0.25) is 10.0 Å². The molecule has 1 aromatic carbocycles. The van der Waals surface area contributed by atoms with E-state index in [1.165, 1.54) is 0 Å². The topological polar surface area (TPSA) is 45.2 Å². The highest BCUT2D eigenvalue weighted by Gasteiger charge is 2.35. The smallest absolute Gasteiger partial charge is 0.223 e. The fourth-order valence-corrected chi connectivity index (χ4v) is 4.33. The van der Waals surface area contributed by atoms with E-state index in [0.29, 0.717) is 16.0 Å². The molecule has 0 unspecified atom stereocenters. The molecular weight excluding hydrogens is 393 g/mol. The molecule has 2 heterocycles. The standard InChI is InChI=1S/C22H25Cl2N3O/c23-18-9-6-15(12-19(18)24)13-27-11-3-4-17(14-27)21(20-5-1-2-10-25-20)26-22(28)16-7-8-16/h1-2,5-6,9-10,12,16-17,21H,3-4,7-8,11,13-14H2,(H,26,28)/t17-,21-/m0/s1. The summed E-state index contributed by atoms with van der Waals surface area (Å²) < 4.78 is 0. The predicted molar refractivity (Wildman–Crippen MR) is 112 cm³/mol. The molecule has 148 valence electrons. The number of hydrogen-bond donors (Lipinski definition) is 1. The summed E-state index contributed by atoms with van der Waals surface area (Å²) in [6, 6.07) is 11.7. The lowest BCUT2D eigenvalue weighted by Crippen LogP contribution is -2.43. The van der Waals surface area contributed by atoms with Crippen LogP contribution < -0.4 is 5.32 Å². The Labute approximate surface area is 176 Å². The van der Waals surface area contributed by atoms with Crippen LogP contribution in [0.1, 0.15) is 43.0 Å². The minimum Gasteiger partial charge on any atom is -0.347 e. The average Bonchev–Trinajstić information content (AvgIpc) is 3.55. The summed E-state index contributed by atoms with van der Waals surface area (Å²) in [6.45, 7) is 2.80. The number of carbonyl (C=O) groups excluding carboxylic acids is 1. The zero-order valence-electron chi connectivity index (χ0n) is 15.8. The molecule has 2 aromatic rings. The van der Waals surface area contributed by atoms with Gasteiger partial charge in [-0.1, -0.05) is 35.3 Å². The number of rotatable bonds is 6. The number of hydrogen-bond acceptors (Lipinski definition) is 3. The van der Waals surface area contributed by atoms with Gasteiger partial charge in [-0.25, -0.2) is 0 Å². The minimum atomic E-state index is -0.0362. The monoisotopic (exact) mass is 417 g/mol. The SMILES string of the molecule is O=C(N[C@H](c1ccccn1)[C@H]1CCCN(Cc2ccc(Cl)c(Cl)c2)C1)C1CC1. The highest BCUT2D eigenvalue weighted by atomic mass is 35.5. The lowest BCUT2D eigenvalue weighted by Gasteiger charge is -2.37. The second-order valence-corrected chi connectivity index (χ2v) is 8.72. The van der Waals surface area contributed by atoms with Crippen molar-refractivity contribution in [3.05, 3.63) is 63.9 Å². The van der Waals surface area contributed by atoms with E-state index in [0.717, 1.165) is 56.6 Å². The van der Waals surface area contributed by atoms with E-state index in [9.17, 15) is 4.79 Å². The molecule has 2 fully saturated rings. The van der Waals surface area contributed by atoms with Crippen LogP contribution in [0.4, 0.5) is 0 Å². The molecule has 2 aliphatic rings. The fourth-order valence-electron chi connectivity index (χ4n) is 4.01. The molecule has 6 heteroatoms. The molecule has 4 rings (SSSR count). The summed E-state index contributed by atoms with van der Waals surface area (Å²) in [6.07, 6.45) is 6.02. The molecule has 4 nitrogen and oxygen atoms in total. The van der Waals surface area contributed by atoms with Crippen molar-refractivity contribution in [2.24, 2.45) is 11.8 Å². The molecule has 2 atom stereocenters. The summed E-state index contributed by atoms with van der Waals surface area (Å²) in [7, 11) is 0. The van der Waals surface area contributed by atoms with Crippen LogP contribution in [0.15, 0.2) is 42.6 Å². The number of aromatic nitrogens is 1. The molecule has 0 radical (unpaired) electrons. The maximum atomic E-state index is 12.5. The van der Waals surface area contributed by atoms with Gasteiger partial charge in [-0.05, 0) is 68.0 Å². The van der Waals surface area contributed by atoms with Gasteiger partial charge < -0.3 is 5.32 Å². The fraction of sp³-hybridized carbons (Fsp3) is 0.455. The lowest BCUT2D eigenvalue weighted by molar-refractivity contribution is -0.123. The van der Waals surface area contributed by atoms with Gasteiger partial charge in [0.15, 0.2) is 0 Å². The van der Waals surface area contributed by atoms with Gasteiger partial charge in [-0.15, -0.1) is 0 Å². The summed E-state index contributed by atoms with van der Waals surface area (Å²) in [5, 5.41) is 4.48. The van der Waals surface area contributed by atoms with Crippen LogP contribution in [0.3, 0.4) is 0 Å². The van der Waals surface area contributed by atoms with Crippen molar-refractivity contribution >= 4 is 29.1 Å². The van der Waals surface area contributed by atoms with Crippen LogP contribution in [-0.4, -0.2) is 28.9 Å². The summed E-state index contributed by atoms with van der Waals surface area (Å²) in [5.41, 5.74) is 2.12. The van der Waals surface area contributed by atoms with Gasteiger partial charge in [0.2, 0.25) is 5.91 Å². The molecule has 1 saturated heterocycles. The number of benzene rings is 1. The van der Waals surface area contributed by atoms with Crippen molar-refractivity contribution in [3.8, 4) is 0 Å². The molecule has 1 saturated carbocycles. The predicted octanol–water partition coefficient (Wildman–Crippen LogP) is 4.87. The Morgan fingerprint density at radius 3 is 2.75 bits per heavy atom. The van der Waals surface area contributed by atoms with Gasteiger partial charge in [-0.2, -0.15) is 0 Å². The van der Waals surface area contributed by atoms with Crippen molar-refractivity contribution in [3.63, 3.8) is 0 Å². The van der Waals surface area contributed by atoms with E-state index in [1.807, 2.05) is 42.6 Å². The third kappa shape index (κ3) is 4.86. The van der Waals surface area contributed by atoms with E-state index in [2.05, 4.69) is 15.2 Å². The molecule has 1 amide bonds. The third-order valence-corrected chi connectivity index (χ3v) is 6.39. The van der Waals surface area contributed by atoms with Gasteiger partial charge in [0.1, 0.15) is 0 Å². The second kappa shape index (κ2) is 8.81. The van der Waals surface area contributed by atoms with Crippen molar-refractivity contribution in [1.82, 2.24) is 15.2 Å². The molecule has 28 heavy (non-hydrogen) atoms. The van der Waals surface area contributed by atoms with E-state index in [-0.39, 0.29) is 17.9 Å². The van der Waals surface area contributed by atoms with Gasteiger partial charge >= 0.3 is 0 Å². The van der Waals surface area contributed by atoms with Gasteiger partial charge in [0, 0.05) is 25.2 Å². The molecule has 1 N–H and O–H groups in total. The zero-order valence-corrected chi connectivity index (χ0v) is 17.3. The summed E-state index contributed by atoms with van der Waals surface area (Å²) in [4.78, 5) is 19.5. The first kappa shape index (κ1) is 19.7. The number of nitrogens with one attached hydrogen (secondary N) is 1. The number of piperidine rings is 1. The molecular formula is C22H25Cl2N3O. The highest BCUT2D eigenvalue weighted by molar-refractivity contribution is 6.42. The Bertz CT molecular complexity index is 826. The second-order valence-electron chi connectivity index (χ2n) is 7.90. The Kier molecular flexibility index (Phi) is 6.19. The van der Waals surface area contributed by atoms with Crippen LogP contribution in [0, 0.1) is 11.8 Å². The number of carbonyl (C=O) groups is 1. The molecule has 1 aliphatic carbocycles. The van der Waals surface area contributed by atoms with Crippen LogP contribution in [-0.2, 0) is 11.3 Å². The van der Waals surface area contributed by atoms with Crippen LogP contribution >= 0.6 is 23.2 Å². The Morgan fingerprint density at radius 1 is 1.18 bits per heavy atom. The Hall–Kier alpha value is -1.62. The third-order valence-electron chi connectivity index (χ3n) is 5.66. The first-order valence-corrected chi connectivity index (χ1v) is 10.7. The lowest BCUT2D eigenvalue weighted by atomic mass is 9.88. The van der Waals surface area contributed by atoms with Gasteiger partial charge in [0.05, 0.1) is 21.8 Å². The van der Waals surface area contributed by atoms with E-state index in [1.54, 1.807) is 0 Å². The molecule has 1 aliphatic heterocycles. The van der Waals surface area contributed by atoms with E-state index in [4.69, 9.17) is 23.2 Å². The van der Waals surface area contributed by atoms with Gasteiger partial charge in [0.25, 0.3) is 0 Å². The first-order valence-electron chi connectivity index (χ1n) is 9.98. The largest absolute Gasteiger partial charge is 0.347 e. The van der Waals surface area contributed by atoms with E-state index < -0.39 is 0 Å². The Morgan fingerprint density at radius 2 is 2.04 bits per heavy atom. The van der Waals surface area contributed by atoms with Crippen molar-refractivity contribution in [1.29, 1.82) is 0 Å². The minimum absolute atomic E-state index is 0.0362. The highest BCUT2D eigenvalue weighted by Crippen LogP contribution is 2.34. The average molecular weight is 418 g/mol. The maximum Gasteiger partial charge on any atom is 0.223 e. The van der Waals surface area contributed by atoms with Gasteiger partial charge in [-0.3, -0.25) is 14.7 Å². The van der Waals surface area contributed by atoms with Crippen LogP contribution in [0.5, 0.6) is 0 Å². The number of nitrogens with zero attached hydrogens (tertiary/aromatic N) is 2. The number of pyridine rings is 1. The summed E-state index contributed by atoms with van der Waals surface area (Å²) in [5.74, 6) is 0.716. The molecule has 0 bridgehead atoms. The number of likely N-dealkylation sites (tertiary alicyclic amines) is 1. The van der Waals surface area contributed by atoms with Crippen LogP contribution in [0.25, 0.3) is 0 Å². The van der Waals surface area contributed by atoms with Crippen molar-refractivity contribution in [2.75, 3.05) is 13.1 Å². The molecule has 1 aromatic heterocycles. The van der Waals surface area contributed by atoms with E-state index >= 15 is 0 Å². The number of halogens is 2. The van der Waals surface area contributed by atoms with Crippen molar-refractivity contribution in [2.45, 2.75) is 38.3 Å². The quantitative estimate of drug-likeness (QED) is 0.728. The number of amides is 1. The normalized spacial score (nSPS) is 21.3. The van der Waals surface area contributed by atoms with Crippen molar-refractivity contribution < 1.29 is 4.79 Å². The molecule has 0 spiro atoms. The Balaban J connectivity index is 1.47. The maximum absolute atomic E-state index is 12.5. The summed E-state index contributed by atoms with van der Waals surface area (Å²) >= 11 is 12.2.